The average molecular weight is 115 g/mol. The molecule has 3 fully saturated rings. The van der Waals surface area contributed by atoms with Gasteiger partial charge in [-0.15, -0.1) is 0 Å². The first-order valence-corrected chi connectivity index (χ1v) is 3.94. The van der Waals surface area contributed by atoms with Gasteiger partial charge in [-0.05, 0) is 6.42 Å². The average Bonchev–Trinajstić information content (AvgIpc) is 1.67. The lowest BCUT2D eigenvalue weighted by Crippen LogP contribution is -2.58. The zero-order valence-electron chi connectivity index (χ0n) is 4.18. The van der Waals surface area contributed by atoms with Crippen LogP contribution in [0.5, 0.6) is 0 Å². The van der Waals surface area contributed by atoms with Gasteiger partial charge < -0.3 is 5.32 Å². The molecule has 3 aliphatic heterocycles. The van der Waals surface area contributed by atoms with Crippen molar-refractivity contribution in [1.82, 2.24) is 5.32 Å². The molecule has 40 valence electrons. The second kappa shape index (κ2) is 1.39. The Morgan fingerprint density at radius 2 is 1.86 bits per heavy atom. The summed E-state index contributed by atoms with van der Waals surface area (Å²) in [6.07, 6.45) is 1.45. The minimum absolute atomic E-state index is 0.892. The Kier molecular flexibility index (Phi) is 0.837. The van der Waals surface area contributed by atoms with E-state index in [1.165, 1.54) is 17.9 Å². The number of hydrogen-bond donors (Lipinski definition) is 1. The lowest BCUT2D eigenvalue weighted by molar-refractivity contribution is 0.300. The first-order valence-electron chi connectivity index (χ1n) is 2.79. The molecule has 0 unspecified atom stereocenters. The highest BCUT2D eigenvalue weighted by Crippen LogP contribution is 2.25. The van der Waals surface area contributed by atoms with Crippen molar-refractivity contribution in [3.63, 3.8) is 0 Å². The standard InChI is InChI=1S/C5H9NS/c1-4-2-7-3-5(1)6-4/h4-6H,1-3H2/t4-,5+. The molecule has 0 saturated carbocycles. The molecule has 2 bridgehead atoms. The van der Waals surface area contributed by atoms with Gasteiger partial charge in [-0.3, -0.25) is 0 Å². The fraction of sp³-hybridized carbons (Fsp3) is 1.00. The molecule has 0 aromatic carbocycles. The zero-order valence-corrected chi connectivity index (χ0v) is 5.00. The largest absolute Gasteiger partial charge is 0.309 e. The van der Waals surface area contributed by atoms with E-state index in [0.29, 0.717) is 0 Å². The van der Waals surface area contributed by atoms with Crippen LogP contribution in [0.15, 0.2) is 0 Å². The lowest BCUT2D eigenvalue weighted by Gasteiger charge is -2.41. The van der Waals surface area contributed by atoms with Gasteiger partial charge in [0.25, 0.3) is 0 Å². The Morgan fingerprint density at radius 1 is 1.29 bits per heavy atom. The Balaban J connectivity index is 1.99. The third-order valence-electron chi connectivity index (χ3n) is 1.68. The molecular formula is C5H9NS. The van der Waals surface area contributed by atoms with Crippen molar-refractivity contribution in [3.05, 3.63) is 0 Å². The highest BCUT2D eigenvalue weighted by Gasteiger charge is 2.31. The summed E-state index contributed by atoms with van der Waals surface area (Å²) < 4.78 is 0. The van der Waals surface area contributed by atoms with Gasteiger partial charge in [0.2, 0.25) is 0 Å². The summed E-state index contributed by atoms with van der Waals surface area (Å²) in [4.78, 5) is 0. The number of thioether (sulfide) groups is 1. The van der Waals surface area contributed by atoms with Crippen molar-refractivity contribution >= 4 is 11.8 Å². The molecule has 2 heteroatoms. The first kappa shape index (κ1) is 4.21. The van der Waals surface area contributed by atoms with Crippen LogP contribution < -0.4 is 5.32 Å². The van der Waals surface area contributed by atoms with Gasteiger partial charge >= 0.3 is 0 Å². The van der Waals surface area contributed by atoms with Crippen LogP contribution in [0.3, 0.4) is 0 Å². The summed E-state index contributed by atoms with van der Waals surface area (Å²) in [6.45, 7) is 0. The van der Waals surface area contributed by atoms with Crippen LogP contribution in [-0.4, -0.2) is 23.6 Å². The first-order chi connectivity index (χ1) is 3.45. The minimum atomic E-state index is 0.892. The Bertz CT molecular complexity index is 64.6. The SMILES string of the molecule is C1SC[C@H]2C[C@@H]1N2. The predicted octanol–water partition coefficient (Wildman–Crippen LogP) is 0.464. The van der Waals surface area contributed by atoms with Crippen LogP contribution >= 0.6 is 11.8 Å². The molecule has 1 N–H and O–H groups in total. The van der Waals surface area contributed by atoms with Crippen molar-refractivity contribution in [1.29, 1.82) is 0 Å². The molecule has 1 nitrogen and oxygen atoms in total. The number of fused-ring (bicyclic) bond motifs is 2. The number of hydrogen-bond acceptors (Lipinski definition) is 2. The van der Waals surface area contributed by atoms with Gasteiger partial charge in [0, 0.05) is 23.6 Å². The highest BCUT2D eigenvalue weighted by atomic mass is 32.2. The van der Waals surface area contributed by atoms with Crippen molar-refractivity contribution in [2.24, 2.45) is 0 Å². The van der Waals surface area contributed by atoms with Gasteiger partial charge in [-0.2, -0.15) is 11.8 Å². The van der Waals surface area contributed by atoms with Gasteiger partial charge in [-0.1, -0.05) is 0 Å². The topological polar surface area (TPSA) is 12.0 Å². The fourth-order valence-corrected chi connectivity index (χ4v) is 2.41. The quantitative estimate of drug-likeness (QED) is 0.492. The third-order valence-corrected chi connectivity index (χ3v) is 2.95. The van der Waals surface area contributed by atoms with Crippen LogP contribution in [0.4, 0.5) is 0 Å². The molecule has 0 aliphatic carbocycles. The minimum Gasteiger partial charge on any atom is -0.309 e. The maximum Gasteiger partial charge on any atom is 0.0176 e. The van der Waals surface area contributed by atoms with Crippen molar-refractivity contribution in [2.75, 3.05) is 11.5 Å². The molecule has 0 spiro atoms. The summed E-state index contributed by atoms with van der Waals surface area (Å²) in [5.74, 6) is 2.72. The van der Waals surface area contributed by atoms with Crippen LogP contribution in [0.25, 0.3) is 0 Å². The highest BCUT2D eigenvalue weighted by molar-refractivity contribution is 7.99. The van der Waals surface area contributed by atoms with E-state index in [1.807, 2.05) is 0 Å². The van der Waals surface area contributed by atoms with Gasteiger partial charge in [0.15, 0.2) is 0 Å². The van der Waals surface area contributed by atoms with E-state index in [0.717, 1.165) is 12.1 Å². The fourth-order valence-electron chi connectivity index (χ4n) is 1.24. The van der Waals surface area contributed by atoms with Crippen LogP contribution in [0.2, 0.25) is 0 Å². The molecule has 3 aliphatic rings. The van der Waals surface area contributed by atoms with Gasteiger partial charge in [-0.25, -0.2) is 0 Å². The van der Waals surface area contributed by atoms with Crippen LogP contribution in [0, 0.1) is 0 Å². The van der Waals surface area contributed by atoms with Crippen LogP contribution in [-0.2, 0) is 0 Å². The molecule has 0 aromatic heterocycles. The molecule has 3 heterocycles. The van der Waals surface area contributed by atoms with Gasteiger partial charge in [0.05, 0.1) is 0 Å². The van der Waals surface area contributed by atoms with E-state index in [1.54, 1.807) is 0 Å². The number of rotatable bonds is 0. The predicted molar refractivity (Wildman–Crippen MR) is 32.7 cm³/mol. The van der Waals surface area contributed by atoms with Crippen LogP contribution in [0.1, 0.15) is 6.42 Å². The number of nitrogens with one attached hydrogen (secondary N) is 1. The Hall–Kier alpha value is 0.310. The van der Waals surface area contributed by atoms with Crippen molar-refractivity contribution < 1.29 is 0 Å². The van der Waals surface area contributed by atoms with E-state index in [4.69, 9.17) is 0 Å². The third kappa shape index (κ3) is 0.572. The molecule has 2 atom stereocenters. The maximum atomic E-state index is 3.46. The lowest BCUT2D eigenvalue weighted by atomic mass is 10.00. The summed E-state index contributed by atoms with van der Waals surface area (Å²) >= 11 is 2.09. The van der Waals surface area contributed by atoms with E-state index < -0.39 is 0 Å². The van der Waals surface area contributed by atoms with E-state index >= 15 is 0 Å². The molecule has 0 radical (unpaired) electrons. The molecule has 3 rings (SSSR count). The van der Waals surface area contributed by atoms with E-state index in [2.05, 4.69) is 17.1 Å². The van der Waals surface area contributed by atoms with E-state index in [-0.39, 0.29) is 0 Å². The van der Waals surface area contributed by atoms with Crippen molar-refractivity contribution in [2.45, 2.75) is 18.5 Å². The van der Waals surface area contributed by atoms with E-state index in [9.17, 15) is 0 Å². The Morgan fingerprint density at radius 3 is 2.00 bits per heavy atom. The molecule has 0 aromatic rings. The summed E-state index contributed by atoms with van der Waals surface area (Å²) in [7, 11) is 0. The second-order valence-corrected chi connectivity index (χ2v) is 3.41. The molecule has 0 amide bonds. The normalized spacial score (nSPS) is 48.0. The molecular weight excluding hydrogens is 106 g/mol. The monoisotopic (exact) mass is 115 g/mol. The summed E-state index contributed by atoms with van der Waals surface area (Å²) in [5.41, 5.74) is 0. The Labute approximate surface area is 47.9 Å². The summed E-state index contributed by atoms with van der Waals surface area (Å²) in [6, 6.07) is 1.78. The second-order valence-electron chi connectivity index (χ2n) is 2.33. The van der Waals surface area contributed by atoms with Gasteiger partial charge in [0.1, 0.15) is 0 Å². The molecule has 7 heavy (non-hydrogen) atoms. The maximum absolute atomic E-state index is 3.46. The molecule has 3 saturated heterocycles. The van der Waals surface area contributed by atoms with Crippen molar-refractivity contribution in [3.8, 4) is 0 Å². The smallest absolute Gasteiger partial charge is 0.0176 e. The zero-order chi connectivity index (χ0) is 4.69. The summed E-state index contributed by atoms with van der Waals surface area (Å²) in [5, 5.41) is 3.46.